The number of nitrogens with zero attached hydrogens (tertiary/aromatic N) is 5. The van der Waals surface area contributed by atoms with Crippen molar-refractivity contribution >= 4 is 36.2 Å². The molecule has 0 amide bonds. The first-order chi connectivity index (χ1) is 15.1. The van der Waals surface area contributed by atoms with E-state index < -0.39 is 38.3 Å². The van der Waals surface area contributed by atoms with E-state index in [1.165, 1.54) is 10.9 Å². The number of aliphatic hydroxyl groups is 3. The minimum Gasteiger partial charge on any atom is -0.393 e. The fourth-order valence-electron chi connectivity index (χ4n) is 5.23. The van der Waals surface area contributed by atoms with Crippen molar-refractivity contribution in [2.45, 2.75) is 74.8 Å². The minimum atomic E-state index is -4.28. The summed E-state index contributed by atoms with van der Waals surface area (Å²) in [6.45, 7) is 0. The van der Waals surface area contributed by atoms with Crippen molar-refractivity contribution in [3.05, 3.63) is 11.6 Å². The summed E-state index contributed by atoms with van der Waals surface area (Å²) >= 11 is 6.24. The highest BCUT2D eigenvalue weighted by Crippen LogP contribution is 2.42. The largest absolute Gasteiger partial charge is 0.393 e. The van der Waals surface area contributed by atoms with E-state index in [1.54, 1.807) is 0 Å². The molecule has 3 unspecified atom stereocenters. The van der Waals surface area contributed by atoms with E-state index in [0.29, 0.717) is 29.8 Å². The van der Waals surface area contributed by atoms with Gasteiger partial charge in [-0.15, -0.1) is 0 Å². The molecule has 3 saturated heterocycles. The van der Waals surface area contributed by atoms with E-state index >= 15 is 0 Å². The van der Waals surface area contributed by atoms with Gasteiger partial charge < -0.3 is 34.7 Å². The molecule has 0 radical (unpaired) electrons. The number of imidazole rings is 1. The summed E-state index contributed by atoms with van der Waals surface area (Å²) in [7, 11) is -4.28. The molecule has 0 aliphatic carbocycles. The summed E-state index contributed by atoms with van der Waals surface area (Å²) in [6, 6.07) is 0.241. The molecule has 5 heterocycles. The summed E-state index contributed by atoms with van der Waals surface area (Å²) in [6.07, 6.45) is -1.08. The van der Waals surface area contributed by atoms with Gasteiger partial charge in [-0.25, -0.2) is 4.98 Å². The number of aliphatic hydroxyl groups excluding tert-OH is 3. The smallest absolute Gasteiger partial charge is 0.325 e. The Hall–Kier alpha value is -1.37. The molecule has 2 aromatic rings. The molecule has 0 aromatic carbocycles. The fourth-order valence-corrected chi connectivity index (χ4v) is 5.98. The molecule has 0 saturated carbocycles. The van der Waals surface area contributed by atoms with E-state index in [4.69, 9.17) is 26.1 Å². The van der Waals surface area contributed by atoms with Gasteiger partial charge in [0.15, 0.2) is 23.2 Å². The Morgan fingerprint density at radius 3 is 2.47 bits per heavy atom. The Balaban J connectivity index is 1.47. The molecular weight excluding hydrogens is 465 g/mol. The normalized spacial score (nSPS) is 35.2. The number of piperidine rings is 1. The molecule has 5 N–H and O–H groups in total. The number of rotatable bonds is 5. The van der Waals surface area contributed by atoms with Gasteiger partial charge in [-0.2, -0.15) is 9.97 Å². The monoisotopic (exact) mass is 489 g/mol. The number of hydrogen-bond acceptors (Lipinski definition) is 9. The van der Waals surface area contributed by atoms with Crippen LogP contribution in [0, 0.1) is 0 Å². The van der Waals surface area contributed by atoms with Crippen LogP contribution in [0.2, 0.25) is 5.28 Å². The second-order valence-electron chi connectivity index (χ2n) is 8.78. The van der Waals surface area contributed by atoms with Crippen molar-refractivity contribution in [1.82, 2.24) is 19.5 Å². The highest BCUT2D eigenvalue weighted by Gasteiger charge is 2.46. The van der Waals surface area contributed by atoms with E-state index in [1.807, 2.05) is 0 Å². The summed E-state index contributed by atoms with van der Waals surface area (Å²) in [5.41, 5.74) is 0.782. The summed E-state index contributed by atoms with van der Waals surface area (Å²) in [5.74, 6) is 0.559. The highest BCUT2D eigenvalue weighted by molar-refractivity contribution is 7.51. The lowest BCUT2D eigenvalue weighted by Gasteiger charge is -2.38. The Labute approximate surface area is 188 Å². The van der Waals surface area contributed by atoms with Crippen LogP contribution in [0.3, 0.4) is 0 Å². The van der Waals surface area contributed by atoms with E-state index in [0.717, 1.165) is 12.8 Å². The molecule has 2 aromatic heterocycles. The molecule has 32 heavy (non-hydrogen) atoms. The Bertz CT molecular complexity index is 1050. The molecule has 12 nitrogen and oxygen atoms in total. The van der Waals surface area contributed by atoms with Gasteiger partial charge >= 0.3 is 7.60 Å². The first-order valence-corrected chi connectivity index (χ1v) is 12.7. The molecule has 3 aliphatic heterocycles. The Kier molecular flexibility index (Phi) is 5.70. The van der Waals surface area contributed by atoms with Crippen LogP contribution in [0.4, 0.5) is 5.82 Å². The molecule has 176 valence electrons. The molecule has 5 rings (SSSR count). The maximum absolute atomic E-state index is 11.2. The third-order valence-electron chi connectivity index (χ3n) is 6.64. The summed E-state index contributed by atoms with van der Waals surface area (Å²) < 4.78 is 18.4. The second-order valence-corrected chi connectivity index (χ2v) is 10.9. The van der Waals surface area contributed by atoms with Gasteiger partial charge in [0.1, 0.15) is 12.2 Å². The van der Waals surface area contributed by atoms with E-state index in [-0.39, 0.29) is 29.9 Å². The van der Waals surface area contributed by atoms with Crippen molar-refractivity contribution in [2.75, 3.05) is 11.1 Å². The predicted octanol–water partition coefficient (Wildman–Crippen LogP) is 0.159. The van der Waals surface area contributed by atoms with Crippen molar-refractivity contribution < 1.29 is 34.4 Å². The number of fused-ring (bicyclic) bond motifs is 3. The average molecular weight is 490 g/mol. The zero-order valence-electron chi connectivity index (χ0n) is 17.0. The van der Waals surface area contributed by atoms with Crippen LogP contribution in [0.1, 0.15) is 38.3 Å². The van der Waals surface area contributed by atoms with Crippen molar-refractivity contribution in [2.24, 2.45) is 0 Å². The maximum Gasteiger partial charge on any atom is 0.325 e. The van der Waals surface area contributed by atoms with E-state index in [9.17, 15) is 19.9 Å². The Morgan fingerprint density at radius 2 is 1.81 bits per heavy atom. The quantitative estimate of drug-likeness (QED) is 0.286. The maximum atomic E-state index is 11.2. The number of anilines is 1. The third kappa shape index (κ3) is 3.92. The van der Waals surface area contributed by atoms with Crippen LogP contribution in [0.15, 0.2) is 6.33 Å². The van der Waals surface area contributed by atoms with Crippen molar-refractivity contribution in [3.63, 3.8) is 0 Å². The average Bonchev–Trinajstić information content (AvgIpc) is 3.33. The van der Waals surface area contributed by atoms with Crippen LogP contribution in [0.5, 0.6) is 0 Å². The topological polar surface area (TPSA) is 174 Å². The third-order valence-corrected chi connectivity index (χ3v) is 7.65. The van der Waals surface area contributed by atoms with Gasteiger partial charge in [0.05, 0.1) is 24.7 Å². The van der Waals surface area contributed by atoms with Crippen LogP contribution < -0.4 is 4.90 Å². The SMILES string of the molecule is O=P(O)(O)CC[C@H]1O[C@@H](n2cnc3c(N4C5CCC4CC(O)C5)nc(Cl)nc32)[C@@H](O)C1O. The van der Waals surface area contributed by atoms with E-state index in [2.05, 4.69) is 19.9 Å². The van der Waals surface area contributed by atoms with Crippen molar-refractivity contribution in [3.8, 4) is 0 Å². The summed E-state index contributed by atoms with van der Waals surface area (Å²) in [4.78, 5) is 33.5. The lowest BCUT2D eigenvalue weighted by Crippen LogP contribution is -2.45. The highest BCUT2D eigenvalue weighted by atomic mass is 35.5. The number of halogens is 1. The first-order valence-electron chi connectivity index (χ1n) is 10.5. The van der Waals surface area contributed by atoms with Gasteiger partial charge in [0.2, 0.25) is 5.28 Å². The number of hydrogen-bond donors (Lipinski definition) is 5. The van der Waals surface area contributed by atoms with Gasteiger partial charge in [0, 0.05) is 12.1 Å². The standard InChI is InChI=1S/C18H25ClN5O7P/c19-18-21-15-12(16(22-18)24-8-1-2-9(24)6-10(25)5-8)20-7-23(15)17-14(27)13(26)11(31-17)3-4-32(28,29)30/h7-11,13-14,17,25-27H,1-6H2,(H2,28,29,30)/t8?,9?,10?,11-,13?,14+,17-/m1/s1. The van der Waals surface area contributed by atoms with Gasteiger partial charge in [-0.3, -0.25) is 9.13 Å². The van der Waals surface area contributed by atoms with Gasteiger partial charge in [-0.1, -0.05) is 0 Å². The lowest BCUT2D eigenvalue weighted by molar-refractivity contribution is -0.0355. The van der Waals surface area contributed by atoms with Crippen LogP contribution in [-0.4, -0.2) is 87.3 Å². The van der Waals surface area contributed by atoms with Crippen molar-refractivity contribution in [1.29, 1.82) is 0 Å². The first kappa shape index (κ1) is 22.4. The fraction of sp³-hybridized carbons (Fsp3) is 0.722. The molecule has 3 fully saturated rings. The number of ether oxygens (including phenoxy) is 1. The van der Waals surface area contributed by atoms with Crippen LogP contribution in [-0.2, 0) is 9.30 Å². The Morgan fingerprint density at radius 1 is 1.12 bits per heavy atom. The molecule has 14 heteroatoms. The summed E-state index contributed by atoms with van der Waals surface area (Å²) in [5, 5.41) is 31.0. The van der Waals surface area contributed by atoms with Gasteiger partial charge in [-0.05, 0) is 43.7 Å². The molecule has 2 bridgehead atoms. The zero-order valence-corrected chi connectivity index (χ0v) is 18.6. The van der Waals surface area contributed by atoms with Gasteiger partial charge in [0.25, 0.3) is 0 Å². The zero-order chi connectivity index (χ0) is 22.8. The minimum absolute atomic E-state index is 0.00847. The van der Waals surface area contributed by atoms with Crippen LogP contribution in [0.25, 0.3) is 11.2 Å². The lowest BCUT2D eigenvalue weighted by atomic mass is 10.00. The van der Waals surface area contributed by atoms with Crippen LogP contribution >= 0.6 is 19.2 Å². The molecule has 0 spiro atoms. The molecule has 6 atom stereocenters. The predicted molar refractivity (Wildman–Crippen MR) is 112 cm³/mol. The second kappa shape index (κ2) is 8.14. The number of aromatic nitrogens is 4. The molecular formula is C18H25ClN5O7P. The molecule has 3 aliphatic rings.